The molecule has 1 aliphatic carbocycles. The number of aryl methyl sites for hydroxylation is 1. The predicted octanol–water partition coefficient (Wildman–Crippen LogP) is 4.17. The van der Waals surface area contributed by atoms with Crippen LogP contribution in [0.15, 0.2) is 59.1 Å². The maximum absolute atomic E-state index is 14.6. The molecule has 1 saturated heterocycles. The Kier molecular flexibility index (Phi) is 3.31. The Balaban J connectivity index is 1.76. The summed E-state index contributed by atoms with van der Waals surface area (Å²) in [6.07, 6.45) is 1.68. The van der Waals surface area contributed by atoms with Crippen LogP contribution in [0.1, 0.15) is 29.2 Å². The number of benzene rings is 2. The Morgan fingerprint density at radius 3 is 2.76 bits per heavy atom. The van der Waals surface area contributed by atoms with Crippen LogP contribution in [0.4, 0.5) is 4.39 Å². The highest BCUT2D eigenvalue weighted by Gasteiger charge is 2.43. The molecule has 5 heteroatoms. The first-order valence-corrected chi connectivity index (χ1v) is 9.32. The summed E-state index contributed by atoms with van der Waals surface area (Å²) in [6, 6.07) is 14.6. The zero-order chi connectivity index (χ0) is 17.0. The molecule has 2 aromatic carbocycles. The fourth-order valence-electron chi connectivity index (χ4n) is 3.92. The van der Waals surface area contributed by atoms with Gasteiger partial charge >= 0.3 is 0 Å². The molecule has 0 unspecified atom stereocenters. The molecule has 3 nitrogen and oxygen atoms in total. The van der Waals surface area contributed by atoms with E-state index in [0.717, 1.165) is 29.7 Å². The number of thioether (sulfide) groups is 1. The Morgan fingerprint density at radius 2 is 1.88 bits per heavy atom. The summed E-state index contributed by atoms with van der Waals surface area (Å²) < 4.78 is 14.6. The molecule has 2 aromatic rings. The number of carbonyl (C=O) groups is 1. The molecule has 25 heavy (non-hydrogen) atoms. The van der Waals surface area contributed by atoms with Gasteiger partial charge in [0.15, 0.2) is 5.17 Å². The summed E-state index contributed by atoms with van der Waals surface area (Å²) in [5, 5.41) is 0.689. The van der Waals surface area contributed by atoms with Crippen LogP contribution in [0.25, 0.3) is 5.70 Å². The number of hydrogen-bond acceptors (Lipinski definition) is 3. The smallest absolute Gasteiger partial charge is 0.239 e. The van der Waals surface area contributed by atoms with Crippen LogP contribution in [-0.2, 0) is 11.2 Å². The highest BCUT2D eigenvalue weighted by Crippen LogP contribution is 2.47. The van der Waals surface area contributed by atoms with E-state index in [1.54, 1.807) is 17.0 Å². The summed E-state index contributed by atoms with van der Waals surface area (Å²) in [4.78, 5) is 19.0. The van der Waals surface area contributed by atoms with E-state index in [0.29, 0.717) is 16.5 Å². The van der Waals surface area contributed by atoms with Crippen molar-refractivity contribution in [3.05, 3.63) is 76.6 Å². The molecule has 1 fully saturated rings. The van der Waals surface area contributed by atoms with Gasteiger partial charge in [-0.1, -0.05) is 54.2 Å². The quantitative estimate of drug-likeness (QED) is 0.773. The number of carbonyl (C=O) groups excluding carboxylic acids is 1. The average Bonchev–Trinajstić information content (AvgIpc) is 3.01. The topological polar surface area (TPSA) is 32.7 Å². The number of nitrogens with zero attached hydrogens (tertiary/aromatic N) is 2. The molecule has 1 atom stereocenters. The number of fused-ring (bicyclic) bond motifs is 3. The van der Waals surface area contributed by atoms with Crippen LogP contribution >= 0.6 is 11.8 Å². The second-order valence-corrected chi connectivity index (χ2v) is 7.34. The number of aliphatic imine (C=N–C) groups is 1. The van der Waals surface area contributed by atoms with Crippen molar-refractivity contribution in [2.45, 2.75) is 18.9 Å². The van der Waals surface area contributed by atoms with E-state index >= 15 is 0 Å². The second-order valence-electron chi connectivity index (χ2n) is 6.40. The zero-order valence-electron chi connectivity index (χ0n) is 13.4. The van der Waals surface area contributed by atoms with Gasteiger partial charge < -0.3 is 0 Å². The van der Waals surface area contributed by atoms with Gasteiger partial charge in [-0.15, -0.1) is 0 Å². The van der Waals surface area contributed by atoms with E-state index in [4.69, 9.17) is 4.99 Å². The summed E-state index contributed by atoms with van der Waals surface area (Å²) in [7, 11) is 0. The van der Waals surface area contributed by atoms with Crippen LogP contribution in [0.2, 0.25) is 0 Å². The number of rotatable bonds is 1. The molecule has 0 aromatic heterocycles. The molecule has 0 N–H and O–H groups in total. The second kappa shape index (κ2) is 5.56. The first-order valence-electron chi connectivity index (χ1n) is 8.33. The monoisotopic (exact) mass is 350 g/mol. The zero-order valence-corrected chi connectivity index (χ0v) is 14.2. The van der Waals surface area contributed by atoms with Gasteiger partial charge in [-0.3, -0.25) is 9.69 Å². The molecule has 5 rings (SSSR count). The van der Waals surface area contributed by atoms with Gasteiger partial charge in [0.05, 0.1) is 17.5 Å². The molecule has 1 amide bonds. The first-order chi connectivity index (χ1) is 12.2. The van der Waals surface area contributed by atoms with E-state index in [1.807, 2.05) is 18.2 Å². The van der Waals surface area contributed by atoms with Crippen LogP contribution in [0.5, 0.6) is 0 Å². The minimum atomic E-state index is -0.389. The summed E-state index contributed by atoms with van der Waals surface area (Å²) in [6.45, 7) is 0. The molecule has 2 heterocycles. The van der Waals surface area contributed by atoms with Crippen LogP contribution in [0, 0.1) is 5.82 Å². The lowest BCUT2D eigenvalue weighted by Gasteiger charge is -2.37. The minimum absolute atomic E-state index is 0.00223. The molecule has 0 radical (unpaired) electrons. The number of halogens is 1. The first kappa shape index (κ1) is 14.9. The van der Waals surface area contributed by atoms with E-state index < -0.39 is 0 Å². The van der Waals surface area contributed by atoms with Gasteiger partial charge in [0.1, 0.15) is 5.82 Å². The number of amides is 1. The van der Waals surface area contributed by atoms with Gasteiger partial charge in [-0.2, -0.15) is 0 Å². The summed E-state index contributed by atoms with van der Waals surface area (Å²) >= 11 is 1.44. The largest absolute Gasteiger partial charge is 0.279 e. The molecular formula is C20H15FN2OS. The van der Waals surface area contributed by atoms with Crippen molar-refractivity contribution in [2.24, 2.45) is 4.99 Å². The van der Waals surface area contributed by atoms with Crippen LogP contribution in [-0.4, -0.2) is 21.7 Å². The number of amidine groups is 1. The molecule has 3 aliphatic rings. The van der Waals surface area contributed by atoms with Gasteiger partial charge in [-0.05, 0) is 30.0 Å². The Morgan fingerprint density at radius 1 is 1.08 bits per heavy atom. The Labute approximate surface area is 149 Å². The highest BCUT2D eigenvalue weighted by molar-refractivity contribution is 8.15. The van der Waals surface area contributed by atoms with Crippen molar-refractivity contribution in [2.75, 3.05) is 5.75 Å². The maximum atomic E-state index is 14.6. The van der Waals surface area contributed by atoms with E-state index in [-0.39, 0.29) is 17.8 Å². The molecule has 0 spiro atoms. The van der Waals surface area contributed by atoms with Gasteiger partial charge in [-0.25, -0.2) is 9.38 Å². The summed E-state index contributed by atoms with van der Waals surface area (Å²) in [5.74, 6) is 0.0954. The lowest BCUT2D eigenvalue weighted by atomic mass is 9.82. The summed E-state index contributed by atoms with van der Waals surface area (Å²) in [5.41, 5.74) is 4.89. The molecule has 0 saturated carbocycles. The Bertz CT molecular complexity index is 966. The van der Waals surface area contributed by atoms with Crippen molar-refractivity contribution in [1.29, 1.82) is 0 Å². The predicted molar refractivity (Wildman–Crippen MR) is 97.6 cm³/mol. The van der Waals surface area contributed by atoms with E-state index in [1.165, 1.54) is 23.4 Å². The van der Waals surface area contributed by atoms with E-state index in [2.05, 4.69) is 12.1 Å². The van der Waals surface area contributed by atoms with Gasteiger partial charge in [0.2, 0.25) is 5.91 Å². The fraction of sp³-hybridized carbons (Fsp3) is 0.200. The lowest BCUT2D eigenvalue weighted by molar-refractivity contribution is -0.125. The van der Waals surface area contributed by atoms with Gasteiger partial charge in [0, 0.05) is 11.1 Å². The van der Waals surface area contributed by atoms with E-state index in [9.17, 15) is 9.18 Å². The number of hydrogen-bond donors (Lipinski definition) is 0. The lowest BCUT2D eigenvalue weighted by Crippen LogP contribution is -2.38. The van der Waals surface area contributed by atoms with Crippen molar-refractivity contribution in [3.8, 4) is 0 Å². The third-order valence-corrected chi connectivity index (χ3v) is 5.97. The fourth-order valence-corrected chi connectivity index (χ4v) is 4.81. The van der Waals surface area contributed by atoms with Crippen molar-refractivity contribution in [1.82, 2.24) is 4.90 Å². The third kappa shape index (κ3) is 2.19. The van der Waals surface area contributed by atoms with Crippen LogP contribution < -0.4 is 0 Å². The molecule has 124 valence electrons. The standard InChI is InChI=1S/C20H15FN2OS/c21-16-8-4-3-7-14(16)19-15-10-9-12-5-1-2-6-13(12)18(15)22-20-23(19)17(24)11-25-20/h1-8,19H,9-11H2/t19-/m1/s1. The molecular weight excluding hydrogens is 335 g/mol. The van der Waals surface area contributed by atoms with Crippen molar-refractivity contribution < 1.29 is 9.18 Å². The normalized spacial score (nSPS) is 21.6. The minimum Gasteiger partial charge on any atom is -0.279 e. The van der Waals surface area contributed by atoms with Crippen molar-refractivity contribution >= 4 is 28.5 Å². The SMILES string of the molecule is O=C1CSC2=NC3=C(CCc4ccccc43)[C@@H](c3ccccc3F)N12. The molecule has 0 bridgehead atoms. The Hall–Kier alpha value is -2.40. The van der Waals surface area contributed by atoms with Crippen molar-refractivity contribution in [3.63, 3.8) is 0 Å². The average molecular weight is 350 g/mol. The van der Waals surface area contributed by atoms with Crippen LogP contribution in [0.3, 0.4) is 0 Å². The highest BCUT2D eigenvalue weighted by atomic mass is 32.2. The maximum Gasteiger partial charge on any atom is 0.239 e. The van der Waals surface area contributed by atoms with Gasteiger partial charge in [0.25, 0.3) is 0 Å². The third-order valence-electron chi connectivity index (χ3n) is 5.04. The molecule has 2 aliphatic heterocycles.